The summed E-state index contributed by atoms with van der Waals surface area (Å²) in [5, 5.41) is 21.6. The summed E-state index contributed by atoms with van der Waals surface area (Å²) in [6.45, 7) is 5.07. The van der Waals surface area contributed by atoms with Gasteiger partial charge in [0.1, 0.15) is 17.2 Å². The zero-order chi connectivity index (χ0) is 16.1. The SMILES string of the molecule is CC(C)(C)OC(=O)C(CCO)NC1(C(=O)O)CCCCC1. The minimum atomic E-state index is -1.09. The lowest BCUT2D eigenvalue weighted by atomic mass is 9.81. The maximum absolute atomic E-state index is 12.2. The third-order valence-corrected chi connectivity index (χ3v) is 3.68. The third kappa shape index (κ3) is 5.28. The molecule has 6 nitrogen and oxygen atoms in total. The van der Waals surface area contributed by atoms with Crippen molar-refractivity contribution in [2.45, 2.75) is 76.5 Å². The second-order valence-electron chi connectivity index (χ2n) is 6.69. The molecule has 0 bridgehead atoms. The highest BCUT2D eigenvalue weighted by Gasteiger charge is 2.43. The van der Waals surface area contributed by atoms with Crippen LogP contribution in [0.5, 0.6) is 0 Å². The van der Waals surface area contributed by atoms with Gasteiger partial charge in [-0.1, -0.05) is 19.3 Å². The van der Waals surface area contributed by atoms with Crippen molar-refractivity contribution in [2.24, 2.45) is 0 Å². The quantitative estimate of drug-likeness (QED) is 0.643. The maximum Gasteiger partial charge on any atom is 0.323 e. The monoisotopic (exact) mass is 301 g/mol. The number of aliphatic hydroxyl groups excluding tert-OH is 1. The van der Waals surface area contributed by atoms with Gasteiger partial charge in [0.05, 0.1) is 0 Å². The van der Waals surface area contributed by atoms with Crippen molar-refractivity contribution in [3.8, 4) is 0 Å². The zero-order valence-corrected chi connectivity index (χ0v) is 13.1. The predicted molar refractivity (Wildman–Crippen MR) is 77.9 cm³/mol. The predicted octanol–water partition coefficient (Wildman–Crippen LogP) is 1.46. The van der Waals surface area contributed by atoms with Crippen LogP contribution in [0, 0.1) is 0 Å². The van der Waals surface area contributed by atoms with Gasteiger partial charge in [-0.25, -0.2) is 0 Å². The van der Waals surface area contributed by atoms with Crippen LogP contribution in [0.15, 0.2) is 0 Å². The molecule has 3 N–H and O–H groups in total. The van der Waals surface area contributed by atoms with E-state index in [1.165, 1.54) is 0 Å². The summed E-state index contributed by atoms with van der Waals surface area (Å²) < 4.78 is 5.31. The molecule has 0 aromatic carbocycles. The number of carbonyl (C=O) groups is 2. The number of nitrogens with one attached hydrogen (secondary N) is 1. The smallest absolute Gasteiger partial charge is 0.323 e. The fourth-order valence-corrected chi connectivity index (χ4v) is 2.66. The van der Waals surface area contributed by atoms with E-state index in [-0.39, 0.29) is 13.0 Å². The van der Waals surface area contributed by atoms with Gasteiger partial charge in [-0.2, -0.15) is 0 Å². The average molecular weight is 301 g/mol. The fourth-order valence-electron chi connectivity index (χ4n) is 2.66. The molecule has 1 aliphatic rings. The van der Waals surface area contributed by atoms with Crippen LogP contribution < -0.4 is 5.32 Å². The highest BCUT2D eigenvalue weighted by Crippen LogP contribution is 2.29. The number of hydrogen-bond donors (Lipinski definition) is 3. The summed E-state index contributed by atoms with van der Waals surface area (Å²) in [4.78, 5) is 23.8. The molecule has 0 aromatic rings. The van der Waals surface area contributed by atoms with Gasteiger partial charge < -0.3 is 14.9 Å². The Morgan fingerprint density at radius 2 is 1.81 bits per heavy atom. The van der Waals surface area contributed by atoms with Gasteiger partial charge in [0, 0.05) is 6.61 Å². The number of carboxylic acid groups (broad SMARTS) is 1. The van der Waals surface area contributed by atoms with Crippen molar-refractivity contribution in [2.75, 3.05) is 6.61 Å². The van der Waals surface area contributed by atoms with Gasteiger partial charge >= 0.3 is 11.9 Å². The van der Waals surface area contributed by atoms with Crippen LogP contribution in [0.25, 0.3) is 0 Å². The van der Waals surface area contributed by atoms with E-state index >= 15 is 0 Å². The Bertz CT molecular complexity index is 369. The number of esters is 1. The summed E-state index contributed by atoms with van der Waals surface area (Å²) in [5.41, 5.74) is -1.73. The molecule has 0 aromatic heterocycles. The normalized spacial score (nSPS) is 19.8. The van der Waals surface area contributed by atoms with E-state index in [4.69, 9.17) is 9.84 Å². The van der Waals surface area contributed by atoms with E-state index in [0.717, 1.165) is 19.3 Å². The molecule has 0 radical (unpaired) electrons. The van der Waals surface area contributed by atoms with Crippen LogP contribution in [0.2, 0.25) is 0 Å². The van der Waals surface area contributed by atoms with Crippen molar-refractivity contribution < 1.29 is 24.5 Å². The van der Waals surface area contributed by atoms with Gasteiger partial charge in [0.15, 0.2) is 0 Å². The van der Waals surface area contributed by atoms with E-state index in [9.17, 15) is 14.7 Å². The lowest BCUT2D eigenvalue weighted by molar-refractivity contribution is -0.160. The number of carbonyl (C=O) groups excluding carboxylic acids is 1. The van der Waals surface area contributed by atoms with Gasteiger partial charge in [-0.3, -0.25) is 14.9 Å². The summed E-state index contributed by atoms with van der Waals surface area (Å²) in [6, 6.07) is -0.802. The van der Waals surface area contributed by atoms with Crippen molar-refractivity contribution in [1.82, 2.24) is 5.32 Å². The number of aliphatic carboxylic acids is 1. The number of rotatable bonds is 6. The topological polar surface area (TPSA) is 95.9 Å². The van der Waals surface area contributed by atoms with Crippen LogP contribution >= 0.6 is 0 Å². The van der Waals surface area contributed by atoms with Gasteiger partial charge in [-0.05, 0) is 40.0 Å². The molecule has 0 heterocycles. The Balaban J connectivity index is 2.84. The molecule has 1 saturated carbocycles. The van der Waals surface area contributed by atoms with Crippen molar-refractivity contribution >= 4 is 11.9 Å². The van der Waals surface area contributed by atoms with Crippen LogP contribution in [0.3, 0.4) is 0 Å². The molecule has 1 fully saturated rings. The molecule has 0 spiro atoms. The maximum atomic E-state index is 12.2. The first-order valence-corrected chi connectivity index (χ1v) is 7.55. The number of aliphatic hydroxyl groups is 1. The third-order valence-electron chi connectivity index (χ3n) is 3.68. The fraction of sp³-hybridized carbons (Fsp3) is 0.867. The molecule has 1 unspecified atom stereocenters. The van der Waals surface area contributed by atoms with E-state index < -0.39 is 29.1 Å². The Labute approximate surface area is 125 Å². The first kappa shape index (κ1) is 17.9. The number of hydrogen-bond acceptors (Lipinski definition) is 5. The molecule has 0 amide bonds. The molecule has 0 aliphatic heterocycles. The summed E-state index contributed by atoms with van der Waals surface area (Å²) in [5.74, 6) is -1.45. The first-order valence-electron chi connectivity index (χ1n) is 7.55. The van der Waals surface area contributed by atoms with Crippen LogP contribution in [0.4, 0.5) is 0 Å². The molecule has 122 valence electrons. The van der Waals surface area contributed by atoms with Crippen molar-refractivity contribution in [3.05, 3.63) is 0 Å². The molecule has 1 rings (SSSR count). The number of carboxylic acids is 1. The standard InChI is InChI=1S/C15H27NO5/c1-14(2,3)21-12(18)11(7-10-17)16-15(13(19)20)8-5-4-6-9-15/h11,16-17H,4-10H2,1-3H3,(H,19,20). The van der Waals surface area contributed by atoms with Crippen LogP contribution in [0.1, 0.15) is 59.3 Å². The van der Waals surface area contributed by atoms with Crippen molar-refractivity contribution in [3.63, 3.8) is 0 Å². The minimum Gasteiger partial charge on any atom is -0.480 e. The average Bonchev–Trinajstić information content (AvgIpc) is 2.37. The highest BCUT2D eigenvalue weighted by atomic mass is 16.6. The van der Waals surface area contributed by atoms with Gasteiger partial charge in [-0.15, -0.1) is 0 Å². The summed E-state index contributed by atoms with van der Waals surface area (Å²) in [6.07, 6.45) is 3.77. The molecular weight excluding hydrogens is 274 g/mol. The Morgan fingerprint density at radius 1 is 1.24 bits per heavy atom. The van der Waals surface area contributed by atoms with Crippen molar-refractivity contribution in [1.29, 1.82) is 0 Å². The summed E-state index contributed by atoms with van der Waals surface area (Å²) in [7, 11) is 0. The van der Waals surface area contributed by atoms with Crippen LogP contribution in [-0.2, 0) is 14.3 Å². The van der Waals surface area contributed by atoms with E-state index in [1.54, 1.807) is 20.8 Å². The minimum absolute atomic E-state index is 0.143. The van der Waals surface area contributed by atoms with E-state index in [0.29, 0.717) is 12.8 Å². The zero-order valence-electron chi connectivity index (χ0n) is 13.1. The molecule has 1 aliphatic carbocycles. The van der Waals surface area contributed by atoms with E-state index in [2.05, 4.69) is 5.32 Å². The summed E-state index contributed by atoms with van der Waals surface area (Å²) >= 11 is 0. The number of ether oxygens (including phenoxy) is 1. The molecule has 21 heavy (non-hydrogen) atoms. The molecule has 1 atom stereocenters. The highest BCUT2D eigenvalue weighted by molar-refractivity contribution is 5.82. The Kier molecular flexibility index (Phi) is 6.16. The lowest BCUT2D eigenvalue weighted by Gasteiger charge is -2.37. The second kappa shape index (κ2) is 7.22. The molecular formula is C15H27NO5. The molecule has 0 saturated heterocycles. The van der Waals surface area contributed by atoms with Crippen LogP contribution in [-0.4, -0.2) is 45.9 Å². The Hall–Kier alpha value is -1.14. The first-order chi connectivity index (χ1) is 9.70. The molecule has 6 heteroatoms. The van der Waals surface area contributed by atoms with Gasteiger partial charge in [0.25, 0.3) is 0 Å². The van der Waals surface area contributed by atoms with E-state index in [1.807, 2.05) is 0 Å². The largest absolute Gasteiger partial charge is 0.480 e. The van der Waals surface area contributed by atoms with Gasteiger partial charge in [0.2, 0.25) is 0 Å². The Morgan fingerprint density at radius 3 is 2.24 bits per heavy atom. The second-order valence-corrected chi connectivity index (χ2v) is 6.69. The lowest BCUT2D eigenvalue weighted by Crippen LogP contribution is -2.59.